The zero-order chi connectivity index (χ0) is 12.4. The van der Waals surface area contributed by atoms with E-state index in [-0.39, 0.29) is 10.8 Å². The van der Waals surface area contributed by atoms with E-state index in [0.29, 0.717) is 0 Å². The molecule has 0 aromatic carbocycles. The fourth-order valence-corrected chi connectivity index (χ4v) is 1.95. The summed E-state index contributed by atoms with van der Waals surface area (Å²) in [5, 5.41) is 12.4. The molecule has 0 aliphatic heterocycles. The number of nitriles is 1. The van der Waals surface area contributed by atoms with E-state index in [9.17, 15) is 0 Å². The van der Waals surface area contributed by atoms with Crippen molar-refractivity contribution in [1.29, 1.82) is 5.26 Å². The van der Waals surface area contributed by atoms with E-state index >= 15 is 0 Å². The first-order chi connectivity index (χ1) is 8.08. The van der Waals surface area contributed by atoms with Crippen LogP contribution < -0.4 is 5.32 Å². The summed E-state index contributed by atoms with van der Waals surface area (Å²) in [6.45, 7) is 6.01. The van der Waals surface area contributed by atoms with Crippen LogP contribution >= 0.6 is 0 Å². The molecule has 0 radical (unpaired) electrons. The van der Waals surface area contributed by atoms with E-state index in [1.54, 1.807) is 0 Å². The Morgan fingerprint density at radius 1 is 1.47 bits per heavy atom. The van der Waals surface area contributed by atoms with Crippen molar-refractivity contribution in [1.82, 2.24) is 10.3 Å². The molecule has 3 nitrogen and oxygen atoms in total. The van der Waals surface area contributed by atoms with E-state index in [2.05, 4.69) is 36.3 Å². The van der Waals surface area contributed by atoms with Gasteiger partial charge in [-0.15, -0.1) is 0 Å². The first-order valence-electron chi connectivity index (χ1n) is 6.12. The minimum Gasteiger partial charge on any atom is -0.314 e. The Hall–Kier alpha value is -1.40. The number of hydrogen-bond acceptors (Lipinski definition) is 3. The van der Waals surface area contributed by atoms with Crippen molar-refractivity contribution in [3.63, 3.8) is 0 Å². The molecule has 1 N–H and O–H groups in total. The van der Waals surface area contributed by atoms with Crippen LogP contribution in [0, 0.1) is 16.7 Å². The molecular weight excluding hydrogens is 210 g/mol. The molecule has 0 atom stereocenters. The number of hydrogen-bond donors (Lipinski definition) is 1. The van der Waals surface area contributed by atoms with Crippen molar-refractivity contribution >= 4 is 0 Å². The van der Waals surface area contributed by atoms with Crippen LogP contribution in [-0.2, 0) is 5.41 Å². The fourth-order valence-electron chi connectivity index (χ4n) is 1.95. The Bertz CT molecular complexity index is 413. The van der Waals surface area contributed by atoms with Gasteiger partial charge in [-0.1, -0.05) is 19.9 Å². The molecule has 0 spiro atoms. The van der Waals surface area contributed by atoms with Crippen molar-refractivity contribution in [2.75, 3.05) is 13.1 Å². The van der Waals surface area contributed by atoms with Gasteiger partial charge in [-0.2, -0.15) is 5.26 Å². The molecule has 0 amide bonds. The lowest BCUT2D eigenvalue weighted by Gasteiger charge is -2.25. The van der Waals surface area contributed by atoms with Crippen molar-refractivity contribution < 1.29 is 0 Å². The molecule has 1 aromatic heterocycles. The summed E-state index contributed by atoms with van der Waals surface area (Å²) in [6, 6.07) is 8.40. The van der Waals surface area contributed by atoms with Crippen LogP contribution in [0.1, 0.15) is 32.4 Å². The number of nitrogens with zero attached hydrogens (tertiary/aromatic N) is 2. The Morgan fingerprint density at radius 2 is 2.24 bits per heavy atom. The van der Waals surface area contributed by atoms with Gasteiger partial charge in [0.2, 0.25) is 0 Å². The summed E-state index contributed by atoms with van der Waals surface area (Å²) in [7, 11) is 0. The standard InChI is InChI=1S/C14H19N3/c1-13(2,12-5-3-4-8-17-12)10-16-11-14(9-15)6-7-14/h3-5,8,16H,6-7,10-11H2,1-2H3. The predicted molar refractivity (Wildman–Crippen MR) is 67.4 cm³/mol. The lowest BCUT2D eigenvalue weighted by atomic mass is 9.88. The smallest absolute Gasteiger partial charge is 0.0703 e. The lowest BCUT2D eigenvalue weighted by molar-refractivity contribution is 0.434. The Kier molecular flexibility index (Phi) is 3.17. The molecule has 1 aliphatic carbocycles. The number of aromatic nitrogens is 1. The van der Waals surface area contributed by atoms with Gasteiger partial charge >= 0.3 is 0 Å². The van der Waals surface area contributed by atoms with Crippen molar-refractivity contribution in [2.45, 2.75) is 32.1 Å². The first-order valence-corrected chi connectivity index (χ1v) is 6.12. The third-order valence-electron chi connectivity index (χ3n) is 3.48. The monoisotopic (exact) mass is 229 g/mol. The Labute approximate surface area is 103 Å². The van der Waals surface area contributed by atoms with Crippen LogP contribution in [0.25, 0.3) is 0 Å². The second-order valence-electron chi connectivity index (χ2n) is 5.59. The van der Waals surface area contributed by atoms with Crippen molar-refractivity contribution in [3.05, 3.63) is 30.1 Å². The number of pyridine rings is 1. The van der Waals surface area contributed by atoms with Gasteiger partial charge in [0.25, 0.3) is 0 Å². The third-order valence-corrected chi connectivity index (χ3v) is 3.48. The summed E-state index contributed by atoms with van der Waals surface area (Å²) in [6.07, 6.45) is 3.91. The molecule has 3 heteroatoms. The van der Waals surface area contributed by atoms with Gasteiger partial charge in [0, 0.05) is 30.4 Å². The quantitative estimate of drug-likeness (QED) is 0.842. The van der Waals surface area contributed by atoms with Gasteiger partial charge in [0.05, 0.1) is 11.5 Å². The normalized spacial score (nSPS) is 17.5. The second kappa shape index (κ2) is 4.46. The van der Waals surface area contributed by atoms with Gasteiger partial charge in [-0.05, 0) is 25.0 Å². The highest BCUT2D eigenvalue weighted by Gasteiger charge is 2.42. The number of rotatable bonds is 5. The van der Waals surface area contributed by atoms with Gasteiger partial charge < -0.3 is 5.32 Å². The van der Waals surface area contributed by atoms with E-state index in [1.165, 1.54) is 0 Å². The molecule has 0 saturated heterocycles. The van der Waals surface area contributed by atoms with Gasteiger partial charge in [-0.3, -0.25) is 4.98 Å². The highest BCUT2D eigenvalue weighted by atomic mass is 14.9. The first kappa shape index (κ1) is 12.1. The highest BCUT2D eigenvalue weighted by molar-refractivity contribution is 5.16. The molecule has 17 heavy (non-hydrogen) atoms. The fraction of sp³-hybridized carbons (Fsp3) is 0.571. The van der Waals surface area contributed by atoms with Crippen molar-refractivity contribution in [2.24, 2.45) is 5.41 Å². The van der Waals surface area contributed by atoms with Crippen LogP contribution in [-0.4, -0.2) is 18.1 Å². The van der Waals surface area contributed by atoms with Gasteiger partial charge in [-0.25, -0.2) is 0 Å². The van der Waals surface area contributed by atoms with Crippen LogP contribution in [0.4, 0.5) is 0 Å². The average Bonchev–Trinajstić information content (AvgIpc) is 3.11. The zero-order valence-corrected chi connectivity index (χ0v) is 10.5. The topological polar surface area (TPSA) is 48.7 Å². The largest absolute Gasteiger partial charge is 0.314 e. The molecule has 90 valence electrons. The van der Waals surface area contributed by atoms with E-state index in [4.69, 9.17) is 5.26 Å². The maximum absolute atomic E-state index is 9.00. The second-order valence-corrected chi connectivity index (χ2v) is 5.59. The van der Waals surface area contributed by atoms with Crippen LogP contribution in [0.3, 0.4) is 0 Å². The van der Waals surface area contributed by atoms with Gasteiger partial charge in [0.1, 0.15) is 0 Å². The molecule has 1 fully saturated rings. The minimum absolute atomic E-state index is 0.00674. The molecule has 1 aliphatic rings. The van der Waals surface area contributed by atoms with E-state index in [0.717, 1.165) is 31.6 Å². The van der Waals surface area contributed by atoms with Crippen LogP contribution in [0.5, 0.6) is 0 Å². The Morgan fingerprint density at radius 3 is 2.76 bits per heavy atom. The predicted octanol–water partition coefficient (Wildman–Crippen LogP) is 2.25. The molecule has 0 unspecified atom stereocenters. The summed E-state index contributed by atoms with van der Waals surface area (Å²) in [5.41, 5.74) is 1.03. The molecule has 0 bridgehead atoms. The maximum Gasteiger partial charge on any atom is 0.0703 e. The van der Waals surface area contributed by atoms with E-state index in [1.807, 2.05) is 18.3 Å². The van der Waals surface area contributed by atoms with E-state index < -0.39 is 0 Å². The summed E-state index contributed by atoms with van der Waals surface area (Å²) in [5.74, 6) is 0. The van der Waals surface area contributed by atoms with Gasteiger partial charge in [0.15, 0.2) is 0 Å². The minimum atomic E-state index is -0.0692. The average molecular weight is 229 g/mol. The maximum atomic E-state index is 9.00. The van der Waals surface area contributed by atoms with Crippen LogP contribution in [0.2, 0.25) is 0 Å². The SMILES string of the molecule is CC(C)(CNCC1(C#N)CC1)c1ccccn1. The molecule has 1 aromatic rings. The molecule has 1 saturated carbocycles. The lowest BCUT2D eigenvalue weighted by Crippen LogP contribution is -2.36. The highest BCUT2D eigenvalue weighted by Crippen LogP contribution is 2.44. The third kappa shape index (κ3) is 2.83. The zero-order valence-electron chi connectivity index (χ0n) is 10.5. The van der Waals surface area contributed by atoms with Crippen LogP contribution in [0.15, 0.2) is 24.4 Å². The Balaban J connectivity index is 1.88. The van der Waals surface area contributed by atoms with Crippen molar-refractivity contribution in [3.8, 4) is 6.07 Å². The molecule has 1 heterocycles. The molecular formula is C14H19N3. The molecule has 2 rings (SSSR count). The summed E-state index contributed by atoms with van der Waals surface area (Å²) in [4.78, 5) is 4.40. The summed E-state index contributed by atoms with van der Waals surface area (Å²) >= 11 is 0. The summed E-state index contributed by atoms with van der Waals surface area (Å²) < 4.78 is 0. The number of nitrogens with one attached hydrogen (secondary N) is 1.